The van der Waals surface area contributed by atoms with E-state index in [-0.39, 0.29) is 0 Å². The minimum Gasteiger partial charge on any atom is -0.335 e. The van der Waals surface area contributed by atoms with Crippen molar-refractivity contribution < 1.29 is 0 Å². The van der Waals surface area contributed by atoms with Crippen LogP contribution in [0.25, 0.3) is 4.85 Å². The van der Waals surface area contributed by atoms with Gasteiger partial charge in [0.25, 0.3) is 0 Å². The molecule has 13 heavy (non-hydrogen) atoms. The van der Waals surface area contributed by atoms with Crippen molar-refractivity contribution in [3.63, 3.8) is 0 Å². The number of nitrogens with zero attached hydrogens (tertiary/aromatic N) is 3. The molecule has 1 aliphatic heterocycles. The second kappa shape index (κ2) is 3.61. The highest BCUT2D eigenvalue weighted by Gasteiger charge is 2.11. The van der Waals surface area contributed by atoms with Gasteiger partial charge in [-0.2, -0.15) is 0 Å². The molecule has 1 aromatic rings. The highest BCUT2D eigenvalue weighted by molar-refractivity contribution is 5.07. The molecule has 0 spiro atoms. The van der Waals surface area contributed by atoms with Crippen LogP contribution in [0.1, 0.15) is 24.4 Å². The van der Waals surface area contributed by atoms with E-state index < -0.39 is 0 Å². The van der Waals surface area contributed by atoms with Gasteiger partial charge in [-0.05, 0) is 12.8 Å². The van der Waals surface area contributed by atoms with Gasteiger partial charge in [-0.25, -0.2) is 11.6 Å². The van der Waals surface area contributed by atoms with Gasteiger partial charge in [-0.3, -0.25) is 0 Å². The summed E-state index contributed by atoms with van der Waals surface area (Å²) in [5, 5.41) is 0. The summed E-state index contributed by atoms with van der Waals surface area (Å²) in [5.74, 6) is 1.21. The molecule has 0 saturated heterocycles. The predicted octanol–water partition coefficient (Wildman–Crippen LogP) is 1.68. The molecule has 0 aromatic carbocycles. The Morgan fingerprint density at radius 1 is 1.54 bits per heavy atom. The smallest absolute Gasteiger partial charge is 0.220 e. The van der Waals surface area contributed by atoms with Gasteiger partial charge in [0.15, 0.2) is 0 Å². The summed E-state index contributed by atoms with van der Waals surface area (Å²) in [4.78, 5) is 7.85. The maximum atomic E-state index is 6.70. The highest BCUT2D eigenvalue weighted by Crippen LogP contribution is 2.14. The molecule has 0 aliphatic carbocycles. The third-order valence-corrected chi connectivity index (χ3v) is 2.44. The standard InChI is InChI=1S/C10H13N3/c1-11-6-5-9-8-13-7-3-2-4-10(13)12-9/h8H,2-7H2. The van der Waals surface area contributed by atoms with E-state index in [0.717, 1.165) is 25.1 Å². The molecule has 3 heteroatoms. The number of rotatable bonds is 2. The van der Waals surface area contributed by atoms with Crippen molar-refractivity contribution in [2.24, 2.45) is 0 Å². The number of aryl methyl sites for hydroxylation is 2. The van der Waals surface area contributed by atoms with Crippen LogP contribution in [0.5, 0.6) is 0 Å². The van der Waals surface area contributed by atoms with Crippen molar-refractivity contribution in [2.75, 3.05) is 6.54 Å². The minimum atomic E-state index is 0.566. The monoisotopic (exact) mass is 175 g/mol. The van der Waals surface area contributed by atoms with Crippen LogP contribution in [0.2, 0.25) is 0 Å². The third kappa shape index (κ3) is 1.72. The van der Waals surface area contributed by atoms with Gasteiger partial charge in [0.05, 0.1) is 12.1 Å². The molecule has 1 aromatic heterocycles. The van der Waals surface area contributed by atoms with Crippen LogP contribution in [-0.2, 0) is 19.4 Å². The Balaban J connectivity index is 2.12. The Kier molecular flexibility index (Phi) is 2.31. The fourth-order valence-electron chi connectivity index (χ4n) is 1.76. The molecule has 0 atom stereocenters. The van der Waals surface area contributed by atoms with E-state index in [1.54, 1.807) is 0 Å². The Morgan fingerprint density at radius 3 is 3.23 bits per heavy atom. The number of fused-ring (bicyclic) bond motifs is 1. The zero-order valence-corrected chi connectivity index (χ0v) is 7.66. The van der Waals surface area contributed by atoms with Crippen LogP contribution < -0.4 is 0 Å². The van der Waals surface area contributed by atoms with Crippen molar-refractivity contribution in [3.8, 4) is 0 Å². The summed E-state index contributed by atoms with van der Waals surface area (Å²) in [5.41, 5.74) is 1.09. The summed E-state index contributed by atoms with van der Waals surface area (Å²) in [6.07, 6.45) is 6.56. The molecule has 0 radical (unpaired) electrons. The topological polar surface area (TPSA) is 22.2 Å². The molecule has 2 rings (SSSR count). The fourth-order valence-corrected chi connectivity index (χ4v) is 1.76. The van der Waals surface area contributed by atoms with Crippen LogP contribution in [0.15, 0.2) is 6.20 Å². The van der Waals surface area contributed by atoms with Crippen molar-refractivity contribution in [3.05, 3.63) is 29.1 Å². The quantitative estimate of drug-likeness (QED) is 0.627. The molecular weight excluding hydrogens is 162 g/mol. The first-order chi connectivity index (χ1) is 6.40. The van der Waals surface area contributed by atoms with Crippen molar-refractivity contribution in [1.29, 1.82) is 0 Å². The summed E-state index contributed by atoms with van der Waals surface area (Å²) < 4.78 is 2.24. The summed E-state index contributed by atoms with van der Waals surface area (Å²) in [6.45, 7) is 8.38. The van der Waals surface area contributed by atoms with Crippen molar-refractivity contribution >= 4 is 0 Å². The average molecular weight is 175 g/mol. The molecule has 0 amide bonds. The van der Waals surface area contributed by atoms with E-state index in [4.69, 9.17) is 6.57 Å². The second-order valence-corrected chi connectivity index (χ2v) is 3.43. The van der Waals surface area contributed by atoms with E-state index in [1.807, 2.05) is 0 Å². The largest absolute Gasteiger partial charge is 0.335 e. The molecule has 0 N–H and O–H groups in total. The minimum absolute atomic E-state index is 0.566. The number of aromatic nitrogens is 2. The van der Waals surface area contributed by atoms with E-state index >= 15 is 0 Å². The number of hydrogen-bond acceptors (Lipinski definition) is 1. The molecule has 1 aliphatic rings. The van der Waals surface area contributed by atoms with E-state index in [9.17, 15) is 0 Å². The first-order valence-corrected chi connectivity index (χ1v) is 4.78. The molecule has 0 unspecified atom stereocenters. The maximum Gasteiger partial charge on any atom is 0.220 e. The summed E-state index contributed by atoms with van der Waals surface area (Å²) >= 11 is 0. The Bertz CT molecular complexity index is 309. The lowest BCUT2D eigenvalue weighted by atomic mass is 10.2. The maximum absolute atomic E-state index is 6.70. The van der Waals surface area contributed by atoms with Crippen LogP contribution in [0.3, 0.4) is 0 Å². The van der Waals surface area contributed by atoms with Gasteiger partial charge in [-0.15, -0.1) is 0 Å². The molecule has 2 heterocycles. The molecular formula is C10H13N3. The van der Waals surface area contributed by atoms with Crippen LogP contribution in [0, 0.1) is 6.57 Å². The SMILES string of the molecule is [C-]#[N+]CCc1cn2c(n1)CCCC2. The average Bonchev–Trinajstić information content (AvgIpc) is 2.57. The molecule has 0 saturated carbocycles. The van der Waals surface area contributed by atoms with Gasteiger partial charge in [-0.1, -0.05) is 0 Å². The lowest BCUT2D eigenvalue weighted by molar-refractivity contribution is 0.522. The third-order valence-electron chi connectivity index (χ3n) is 2.44. The normalized spacial score (nSPS) is 15.0. The summed E-state index contributed by atoms with van der Waals surface area (Å²) in [6, 6.07) is 0. The first kappa shape index (κ1) is 8.31. The first-order valence-electron chi connectivity index (χ1n) is 4.78. The van der Waals surface area contributed by atoms with Gasteiger partial charge in [0.2, 0.25) is 6.54 Å². The van der Waals surface area contributed by atoms with Crippen molar-refractivity contribution in [2.45, 2.75) is 32.2 Å². The van der Waals surface area contributed by atoms with Crippen LogP contribution in [-0.4, -0.2) is 16.1 Å². The predicted molar refractivity (Wildman–Crippen MR) is 50.3 cm³/mol. The lowest BCUT2D eigenvalue weighted by Gasteiger charge is -2.11. The van der Waals surface area contributed by atoms with Crippen molar-refractivity contribution in [1.82, 2.24) is 9.55 Å². The highest BCUT2D eigenvalue weighted by atomic mass is 15.1. The van der Waals surface area contributed by atoms with E-state index in [1.165, 1.54) is 18.7 Å². The van der Waals surface area contributed by atoms with Crippen LogP contribution >= 0.6 is 0 Å². The zero-order chi connectivity index (χ0) is 9.10. The molecule has 0 bridgehead atoms. The molecule has 68 valence electrons. The Morgan fingerprint density at radius 2 is 2.46 bits per heavy atom. The zero-order valence-electron chi connectivity index (χ0n) is 7.66. The second-order valence-electron chi connectivity index (χ2n) is 3.43. The van der Waals surface area contributed by atoms with Gasteiger partial charge in [0, 0.05) is 19.2 Å². The van der Waals surface area contributed by atoms with Gasteiger partial charge >= 0.3 is 0 Å². The van der Waals surface area contributed by atoms with Crippen LogP contribution in [0.4, 0.5) is 0 Å². The van der Waals surface area contributed by atoms with Gasteiger partial charge < -0.3 is 9.41 Å². The molecule has 3 nitrogen and oxygen atoms in total. The Labute approximate surface area is 78.2 Å². The Hall–Kier alpha value is -1.30. The van der Waals surface area contributed by atoms with E-state index in [2.05, 4.69) is 20.6 Å². The lowest BCUT2D eigenvalue weighted by Crippen LogP contribution is -2.08. The number of imidazole rings is 1. The fraction of sp³-hybridized carbons (Fsp3) is 0.600. The number of hydrogen-bond donors (Lipinski definition) is 0. The van der Waals surface area contributed by atoms with E-state index in [0.29, 0.717) is 6.54 Å². The molecule has 0 fully saturated rings. The van der Waals surface area contributed by atoms with Gasteiger partial charge in [0.1, 0.15) is 5.82 Å². The summed E-state index contributed by atoms with van der Waals surface area (Å²) in [7, 11) is 0.